The van der Waals surface area contributed by atoms with Crippen LogP contribution < -0.4 is 5.32 Å². The molecule has 2 aliphatic heterocycles. The third-order valence-electron chi connectivity index (χ3n) is 2.00. The van der Waals surface area contributed by atoms with Gasteiger partial charge < -0.3 is 5.32 Å². The van der Waals surface area contributed by atoms with E-state index in [1.807, 2.05) is 0 Å². The van der Waals surface area contributed by atoms with Gasteiger partial charge in [0.25, 0.3) is 0 Å². The lowest BCUT2D eigenvalue weighted by atomic mass is 10.1. The zero-order chi connectivity index (χ0) is 5.72. The van der Waals surface area contributed by atoms with Gasteiger partial charge in [-0.15, -0.1) is 11.6 Å². The first-order valence-electron chi connectivity index (χ1n) is 2.83. The Morgan fingerprint density at radius 1 is 1.62 bits per heavy atom. The van der Waals surface area contributed by atoms with Gasteiger partial charge in [0, 0.05) is 16.9 Å². The van der Waals surface area contributed by atoms with E-state index in [9.17, 15) is 0 Å². The Kier molecular flexibility index (Phi) is 1.11. The molecule has 1 nitrogen and oxygen atoms in total. The van der Waals surface area contributed by atoms with Crippen LogP contribution in [-0.2, 0) is 0 Å². The van der Waals surface area contributed by atoms with Gasteiger partial charge in [-0.1, -0.05) is 15.9 Å². The summed E-state index contributed by atoms with van der Waals surface area (Å²) in [6.07, 6.45) is 1.14. The number of hydrogen-bond acceptors (Lipinski definition) is 1. The molecule has 8 heavy (non-hydrogen) atoms. The lowest BCUT2D eigenvalue weighted by Gasteiger charge is -2.32. The quantitative estimate of drug-likeness (QED) is 0.572. The molecule has 4 atom stereocenters. The van der Waals surface area contributed by atoms with Crippen LogP contribution in [0.1, 0.15) is 6.42 Å². The second kappa shape index (κ2) is 1.61. The maximum absolute atomic E-state index is 5.91. The van der Waals surface area contributed by atoms with Crippen LogP contribution in [0.3, 0.4) is 0 Å². The van der Waals surface area contributed by atoms with Crippen LogP contribution in [0, 0.1) is 0 Å². The molecule has 3 rings (SSSR count). The van der Waals surface area contributed by atoms with Crippen molar-refractivity contribution in [2.45, 2.75) is 28.7 Å². The molecule has 2 saturated heterocycles. The minimum absolute atomic E-state index is 0.379. The van der Waals surface area contributed by atoms with Crippen LogP contribution >= 0.6 is 27.5 Å². The Hall–Kier alpha value is 0.730. The monoisotopic (exact) mass is 195 g/mol. The lowest BCUT2D eigenvalue weighted by molar-refractivity contribution is 0.392. The van der Waals surface area contributed by atoms with Gasteiger partial charge in [-0.3, -0.25) is 0 Å². The minimum atomic E-state index is 0.379. The molecule has 1 N–H and O–H groups in total. The third-order valence-corrected chi connectivity index (χ3v) is 3.66. The zero-order valence-corrected chi connectivity index (χ0v) is 6.61. The van der Waals surface area contributed by atoms with Crippen LogP contribution in [0.5, 0.6) is 0 Å². The zero-order valence-electron chi connectivity index (χ0n) is 4.27. The molecule has 0 radical (unpaired) electrons. The first-order chi connectivity index (χ1) is 3.79. The van der Waals surface area contributed by atoms with E-state index in [1.165, 1.54) is 0 Å². The van der Waals surface area contributed by atoms with Crippen LogP contribution in [0.2, 0.25) is 0 Å². The molecular formula is C5H7BrClN. The summed E-state index contributed by atoms with van der Waals surface area (Å²) in [5.41, 5.74) is 0. The predicted octanol–water partition coefficient (Wildman–Crippen LogP) is 1.10. The fraction of sp³-hybridized carbons (Fsp3) is 1.00. The molecule has 2 bridgehead atoms. The lowest BCUT2D eigenvalue weighted by Crippen LogP contribution is -2.56. The SMILES string of the molecule is ClC1CC2NC1C2Br. The largest absolute Gasteiger partial charge is 0.307 e. The van der Waals surface area contributed by atoms with Gasteiger partial charge in [0.15, 0.2) is 0 Å². The van der Waals surface area contributed by atoms with Gasteiger partial charge in [0.05, 0.1) is 5.38 Å². The standard InChI is InChI=1S/C5H7BrClN/c6-4-3-1-2(7)5(4)8-3/h2-5,8H,1H2. The highest BCUT2D eigenvalue weighted by Crippen LogP contribution is 2.38. The smallest absolute Gasteiger partial charge is 0.0516 e. The van der Waals surface area contributed by atoms with Crippen molar-refractivity contribution >= 4 is 27.5 Å². The molecule has 0 aromatic rings. The summed E-state index contributed by atoms with van der Waals surface area (Å²) in [6, 6.07) is 1.23. The Morgan fingerprint density at radius 3 is 2.50 bits per heavy atom. The Balaban J connectivity index is 2.13. The highest BCUT2D eigenvalue weighted by Gasteiger charge is 2.50. The summed E-state index contributed by atoms with van der Waals surface area (Å²) in [6.45, 7) is 0. The van der Waals surface area contributed by atoms with Crippen LogP contribution in [-0.4, -0.2) is 22.3 Å². The average Bonchev–Trinajstić information content (AvgIpc) is 2.19. The molecule has 1 saturated carbocycles. The number of alkyl halides is 2. The van der Waals surface area contributed by atoms with Crippen molar-refractivity contribution in [3.63, 3.8) is 0 Å². The van der Waals surface area contributed by atoms with Crippen molar-refractivity contribution in [1.29, 1.82) is 0 Å². The normalized spacial score (nSPS) is 60.8. The fourth-order valence-electron chi connectivity index (χ4n) is 1.45. The molecule has 2 heterocycles. The molecule has 3 heteroatoms. The van der Waals surface area contributed by atoms with Gasteiger partial charge in [0.2, 0.25) is 0 Å². The highest BCUT2D eigenvalue weighted by molar-refractivity contribution is 9.09. The first kappa shape index (κ1) is 5.51. The number of nitrogens with one attached hydrogen (secondary N) is 1. The maximum atomic E-state index is 5.91. The third kappa shape index (κ3) is 0.514. The summed E-state index contributed by atoms with van der Waals surface area (Å²) in [7, 11) is 0. The van der Waals surface area contributed by atoms with E-state index in [1.54, 1.807) is 0 Å². The molecule has 1 aliphatic carbocycles. The number of rotatable bonds is 0. The summed E-state index contributed by atoms with van der Waals surface area (Å²) >= 11 is 9.45. The van der Waals surface area contributed by atoms with Crippen molar-refractivity contribution in [3.05, 3.63) is 0 Å². The van der Waals surface area contributed by atoms with Gasteiger partial charge in [-0.2, -0.15) is 0 Å². The highest BCUT2D eigenvalue weighted by atomic mass is 79.9. The van der Waals surface area contributed by atoms with Crippen molar-refractivity contribution in [2.24, 2.45) is 0 Å². The Labute approximate surface area is 61.9 Å². The fourth-order valence-corrected chi connectivity index (χ4v) is 2.94. The molecule has 0 aromatic carbocycles. The van der Waals surface area contributed by atoms with E-state index in [2.05, 4.69) is 21.2 Å². The van der Waals surface area contributed by atoms with Gasteiger partial charge in [-0.05, 0) is 6.42 Å². The van der Waals surface area contributed by atoms with E-state index in [0.717, 1.165) is 6.42 Å². The minimum Gasteiger partial charge on any atom is -0.307 e. The first-order valence-corrected chi connectivity index (χ1v) is 4.18. The van der Waals surface area contributed by atoms with E-state index in [4.69, 9.17) is 11.6 Å². The van der Waals surface area contributed by atoms with Gasteiger partial charge >= 0.3 is 0 Å². The molecule has 3 fully saturated rings. The van der Waals surface area contributed by atoms with Gasteiger partial charge in [-0.25, -0.2) is 0 Å². The van der Waals surface area contributed by atoms with E-state index in [-0.39, 0.29) is 0 Å². The van der Waals surface area contributed by atoms with E-state index < -0.39 is 0 Å². The predicted molar refractivity (Wildman–Crippen MR) is 37.7 cm³/mol. The molecule has 0 amide bonds. The number of fused-ring (bicyclic) bond motifs is 1. The van der Waals surface area contributed by atoms with Crippen LogP contribution in [0.15, 0.2) is 0 Å². The topological polar surface area (TPSA) is 12.0 Å². The summed E-state index contributed by atoms with van der Waals surface area (Å²) < 4.78 is 0. The number of halogens is 2. The molecule has 4 unspecified atom stereocenters. The van der Waals surface area contributed by atoms with Gasteiger partial charge in [0.1, 0.15) is 0 Å². The number of hydrogen-bond donors (Lipinski definition) is 1. The van der Waals surface area contributed by atoms with Crippen molar-refractivity contribution in [2.75, 3.05) is 0 Å². The molecule has 0 aromatic heterocycles. The summed E-state index contributed by atoms with van der Waals surface area (Å²) in [5, 5.41) is 3.72. The average molecular weight is 196 g/mol. The molecule has 0 spiro atoms. The summed E-state index contributed by atoms with van der Waals surface area (Å²) in [5.74, 6) is 0. The molecular weight excluding hydrogens is 189 g/mol. The Morgan fingerprint density at radius 2 is 2.38 bits per heavy atom. The summed E-state index contributed by atoms with van der Waals surface area (Å²) in [4.78, 5) is 0.657. The van der Waals surface area contributed by atoms with Crippen LogP contribution in [0.25, 0.3) is 0 Å². The maximum Gasteiger partial charge on any atom is 0.0516 e. The second-order valence-corrected chi connectivity index (χ2v) is 4.11. The van der Waals surface area contributed by atoms with Crippen molar-refractivity contribution < 1.29 is 0 Å². The van der Waals surface area contributed by atoms with E-state index in [0.29, 0.717) is 22.3 Å². The van der Waals surface area contributed by atoms with E-state index >= 15 is 0 Å². The van der Waals surface area contributed by atoms with Crippen molar-refractivity contribution in [3.8, 4) is 0 Å². The molecule has 46 valence electrons. The second-order valence-electron chi connectivity index (χ2n) is 2.50. The van der Waals surface area contributed by atoms with Crippen LogP contribution in [0.4, 0.5) is 0 Å². The molecule has 3 aliphatic rings. The Bertz CT molecular complexity index is 115. The van der Waals surface area contributed by atoms with Crippen molar-refractivity contribution in [1.82, 2.24) is 5.32 Å².